The van der Waals surface area contributed by atoms with Crippen LogP contribution >= 0.6 is 0 Å². The second-order valence-electron chi connectivity index (χ2n) is 12.2. The maximum Gasteiger partial charge on any atom is 0.0323 e. The minimum absolute atomic E-state index is 0. The van der Waals surface area contributed by atoms with Crippen molar-refractivity contribution in [2.75, 3.05) is 0 Å². The van der Waals surface area contributed by atoms with Crippen molar-refractivity contribution < 1.29 is 20.4 Å². The molecule has 0 spiro atoms. The number of fused-ring (bicyclic) bond motifs is 3. The number of rotatable bonds is 4. The van der Waals surface area contributed by atoms with Crippen molar-refractivity contribution in [3.8, 4) is 37.0 Å². The molecule has 0 nitrogen and oxygen atoms in total. The molecule has 6 aromatic rings. The molecule has 0 bridgehead atoms. The van der Waals surface area contributed by atoms with Crippen molar-refractivity contribution in [2.45, 2.75) is 79.6 Å². The Morgan fingerprint density at radius 3 is 1.29 bits per heavy atom. The smallest absolute Gasteiger partial charge is 0.0323 e. The largest absolute Gasteiger partial charge is 0.194 e. The first kappa shape index (κ1) is 40.6. The van der Waals surface area contributed by atoms with Crippen LogP contribution in [0.4, 0.5) is 0 Å². The van der Waals surface area contributed by atoms with Crippen LogP contribution in [0.1, 0.15) is 113 Å². The Morgan fingerprint density at radius 1 is 0.531 bits per heavy atom. The number of terminal acetylenes is 3. The van der Waals surface area contributed by atoms with Gasteiger partial charge in [0.15, 0.2) is 0 Å². The van der Waals surface area contributed by atoms with E-state index in [0.717, 1.165) is 23.1 Å². The molecule has 0 aromatic heterocycles. The van der Waals surface area contributed by atoms with E-state index in [1.165, 1.54) is 49.0 Å². The van der Waals surface area contributed by atoms with Gasteiger partial charge in [-0.15, -0.1) is 42.0 Å². The average Bonchev–Trinajstić information content (AvgIpc) is 3.14. The van der Waals surface area contributed by atoms with Crippen molar-refractivity contribution in [3.63, 3.8) is 0 Å². The van der Waals surface area contributed by atoms with Gasteiger partial charge in [-0.25, -0.2) is 0 Å². The summed E-state index contributed by atoms with van der Waals surface area (Å²) in [5.41, 5.74) is 6.88. The molecule has 1 radical (unpaired) electrons. The molecule has 49 heavy (non-hydrogen) atoms. The fraction of sp³-hybridized carbons (Fsp3) is 0.250. The van der Waals surface area contributed by atoms with Crippen LogP contribution in [0.2, 0.25) is 0 Å². The first-order valence-electron chi connectivity index (χ1n) is 17.1. The van der Waals surface area contributed by atoms with Crippen LogP contribution in [0.25, 0.3) is 32.3 Å². The summed E-state index contributed by atoms with van der Waals surface area (Å²) < 4.78 is 0. The van der Waals surface area contributed by atoms with Crippen molar-refractivity contribution in [1.29, 1.82) is 0 Å². The van der Waals surface area contributed by atoms with Gasteiger partial charge in [0.25, 0.3) is 0 Å². The molecule has 0 aliphatic heterocycles. The number of hydrogen-bond acceptors (Lipinski definition) is 0. The van der Waals surface area contributed by atoms with Crippen molar-refractivity contribution in [2.24, 2.45) is 0 Å². The zero-order chi connectivity index (χ0) is 35.2. The molecule has 0 saturated heterocycles. The normalized spacial score (nSPS) is 10.6. The van der Waals surface area contributed by atoms with Crippen LogP contribution in [0.15, 0.2) is 103 Å². The van der Waals surface area contributed by atoms with E-state index in [1.807, 2.05) is 44.2 Å². The molecule has 0 fully saturated rings. The van der Waals surface area contributed by atoms with Crippen LogP contribution in [-0.2, 0) is 20.4 Å². The third-order valence-electron chi connectivity index (χ3n) is 8.59. The Bertz CT molecular complexity index is 1970. The van der Waals surface area contributed by atoms with Crippen LogP contribution in [0.3, 0.4) is 0 Å². The quantitative estimate of drug-likeness (QED) is 0.123. The molecule has 0 aliphatic carbocycles. The van der Waals surface area contributed by atoms with Gasteiger partial charge >= 0.3 is 0 Å². The van der Waals surface area contributed by atoms with Crippen LogP contribution < -0.4 is 0 Å². The summed E-state index contributed by atoms with van der Waals surface area (Å²) >= 11 is 0. The van der Waals surface area contributed by atoms with Gasteiger partial charge in [-0.3, -0.25) is 0 Å². The second kappa shape index (κ2) is 20.1. The molecule has 249 valence electrons. The van der Waals surface area contributed by atoms with E-state index in [0.29, 0.717) is 17.8 Å². The third-order valence-corrected chi connectivity index (χ3v) is 8.59. The van der Waals surface area contributed by atoms with Crippen LogP contribution in [0, 0.1) is 43.1 Å². The van der Waals surface area contributed by atoms with Crippen LogP contribution in [-0.4, -0.2) is 0 Å². The van der Waals surface area contributed by atoms with Crippen LogP contribution in [0.5, 0.6) is 0 Å². The zero-order valence-corrected chi connectivity index (χ0v) is 33.1. The molecule has 0 N–H and O–H groups in total. The van der Waals surface area contributed by atoms with Crippen molar-refractivity contribution in [3.05, 3.63) is 143 Å². The first-order chi connectivity index (χ1) is 23.2. The molecular formula is C48H49Re-. The Hall–Kier alpha value is -4.56. The van der Waals surface area contributed by atoms with E-state index in [-0.39, 0.29) is 20.4 Å². The fourth-order valence-corrected chi connectivity index (χ4v) is 5.99. The summed E-state index contributed by atoms with van der Waals surface area (Å²) in [4.78, 5) is 0. The van der Waals surface area contributed by atoms with Gasteiger partial charge in [-0.1, -0.05) is 163 Å². The Kier molecular flexibility index (Phi) is 16.6. The maximum atomic E-state index is 5.55. The Morgan fingerprint density at radius 2 is 0.918 bits per heavy atom. The van der Waals surface area contributed by atoms with E-state index >= 15 is 0 Å². The van der Waals surface area contributed by atoms with E-state index in [2.05, 4.69) is 138 Å². The summed E-state index contributed by atoms with van der Waals surface area (Å²) in [6.07, 6.45) is 17.7. The molecule has 1 atom stereocenters. The summed E-state index contributed by atoms with van der Waals surface area (Å²) in [7, 11) is 0. The van der Waals surface area contributed by atoms with Gasteiger partial charge in [-0.05, 0) is 51.8 Å². The number of hydrogen-bond donors (Lipinski definition) is 0. The van der Waals surface area contributed by atoms with E-state index in [9.17, 15) is 0 Å². The summed E-state index contributed by atoms with van der Waals surface area (Å²) in [6, 6.07) is 38.5. The van der Waals surface area contributed by atoms with E-state index < -0.39 is 0 Å². The Labute approximate surface area is 310 Å². The van der Waals surface area contributed by atoms with Gasteiger partial charge in [0.1, 0.15) is 0 Å². The number of benzene rings is 6. The standard InChI is InChI=1S/C16H15.2C15H14.C2H6.Re/c1-4-12(3)15-11-7-10-14-9-6-8-13(5-2)16(14)15;2*1-4-12-7-5-8-13-9-6-10-14(11(2)3)15(12)13;1-2;/h2,6-7,9-12H,4H2,1,3H3;2*1,5-11H,2-3H3;1-2H3;/q-1;;;;. The minimum Gasteiger partial charge on any atom is -0.194 e. The molecule has 0 amide bonds. The molecule has 6 aromatic carbocycles. The summed E-state index contributed by atoms with van der Waals surface area (Å²) in [5.74, 6) is 9.80. The summed E-state index contributed by atoms with van der Waals surface area (Å²) in [6.45, 7) is 17.2. The third kappa shape index (κ3) is 9.76. The summed E-state index contributed by atoms with van der Waals surface area (Å²) in [5, 5.41) is 7.34. The minimum atomic E-state index is 0. The predicted octanol–water partition coefficient (Wildman–Crippen LogP) is 13.0. The first-order valence-corrected chi connectivity index (χ1v) is 17.1. The van der Waals surface area contributed by atoms with E-state index in [4.69, 9.17) is 19.3 Å². The van der Waals surface area contributed by atoms with Gasteiger partial charge in [0, 0.05) is 42.3 Å². The average molecular weight is 812 g/mol. The molecule has 1 unspecified atom stereocenters. The second-order valence-corrected chi connectivity index (χ2v) is 12.2. The monoisotopic (exact) mass is 812 g/mol. The maximum absolute atomic E-state index is 5.55. The van der Waals surface area contributed by atoms with Gasteiger partial charge in [0.05, 0.1) is 0 Å². The molecule has 0 heterocycles. The Balaban J connectivity index is 0.000000246. The SMILES string of the molecule is C#Cc1[c-]ccc2cccc(C(C)CC)c12.C#Cc1cccc2cccc(C(C)C)c12.C#Cc1cccc2cccc(C(C)C)c12.CC.[Re]. The predicted molar refractivity (Wildman–Crippen MR) is 213 cm³/mol. The zero-order valence-electron chi connectivity index (χ0n) is 30.4. The molecule has 0 aliphatic rings. The molecule has 6 rings (SSSR count). The van der Waals surface area contributed by atoms with Gasteiger partial charge in [0.2, 0.25) is 0 Å². The molecular weight excluding hydrogens is 763 g/mol. The van der Waals surface area contributed by atoms with Gasteiger partial charge < -0.3 is 0 Å². The van der Waals surface area contributed by atoms with Crippen molar-refractivity contribution >= 4 is 32.3 Å². The van der Waals surface area contributed by atoms with Crippen molar-refractivity contribution in [1.82, 2.24) is 0 Å². The van der Waals surface area contributed by atoms with Gasteiger partial charge in [-0.2, -0.15) is 12.3 Å². The molecule has 1 heteroatoms. The molecule has 0 saturated carbocycles. The fourth-order valence-electron chi connectivity index (χ4n) is 5.99. The topological polar surface area (TPSA) is 0 Å². The van der Waals surface area contributed by atoms with E-state index in [1.54, 1.807) is 0 Å².